The van der Waals surface area contributed by atoms with Crippen molar-refractivity contribution in [1.29, 1.82) is 0 Å². The second-order valence-corrected chi connectivity index (χ2v) is 12.2. The van der Waals surface area contributed by atoms with Gasteiger partial charge in [-0.2, -0.15) is 0 Å². The maximum Gasteiger partial charge on any atom is 0.234 e. The molecular weight excluding hydrogens is 492 g/mol. The minimum atomic E-state index is -0.0907. The van der Waals surface area contributed by atoms with E-state index < -0.39 is 0 Å². The standard InChI is InChI=1S/C31H36N4O2S/c1-30(2,3)22-14-12-21(13-15-22)28-33-34-29(35(28)23-16-18-24(37-7)19-17-23)38-20-27(36)32-26-11-9-8-10-25(26)31(4,5)6/h8-19H,20H2,1-7H3,(H,32,36). The van der Waals surface area contributed by atoms with Gasteiger partial charge in [0.25, 0.3) is 0 Å². The van der Waals surface area contributed by atoms with Crippen molar-refractivity contribution in [1.82, 2.24) is 14.8 Å². The van der Waals surface area contributed by atoms with Gasteiger partial charge in [0.2, 0.25) is 5.91 Å². The summed E-state index contributed by atoms with van der Waals surface area (Å²) >= 11 is 1.36. The predicted molar refractivity (Wildman–Crippen MR) is 157 cm³/mol. The third kappa shape index (κ3) is 6.27. The van der Waals surface area contributed by atoms with Crippen molar-refractivity contribution in [2.75, 3.05) is 18.2 Å². The van der Waals surface area contributed by atoms with Gasteiger partial charge in [0.05, 0.1) is 12.9 Å². The molecule has 0 aliphatic heterocycles. The van der Waals surface area contributed by atoms with Crippen LogP contribution in [0, 0.1) is 0 Å². The molecule has 0 fully saturated rings. The topological polar surface area (TPSA) is 69.0 Å². The monoisotopic (exact) mass is 528 g/mol. The predicted octanol–water partition coefficient (Wildman–Crippen LogP) is 7.27. The summed E-state index contributed by atoms with van der Waals surface area (Å²) < 4.78 is 7.34. The molecule has 6 nitrogen and oxygen atoms in total. The van der Waals surface area contributed by atoms with E-state index in [0.717, 1.165) is 34.1 Å². The Morgan fingerprint density at radius 3 is 2.13 bits per heavy atom. The smallest absolute Gasteiger partial charge is 0.234 e. The normalized spacial score (nSPS) is 11.9. The molecule has 3 aromatic carbocycles. The van der Waals surface area contributed by atoms with E-state index in [2.05, 4.69) is 87.4 Å². The van der Waals surface area contributed by atoms with Gasteiger partial charge in [-0.15, -0.1) is 10.2 Å². The van der Waals surface area contributed by atoms with Crippen molar-refractivity contribution in [2.45, 2.75) is 57.5 Å². The van der Waals surface area contributed by atoms with Crippen LogP contribution in [-0.4, -0.2) is 33.5 Å². The molecule has 1 aromatic heterocycles. The average Bonchev–Trinajstić information content (AvgIpc) is 3.31. The second-order valence-electron chi connectivity index (χ2n) is 11.3. The zero-order valence-corrected chi connectivity index (χ0v) is 24.0. The Labute approximate surface area is 229 Å². The quantitative estimate of drug-likeness (QED) is 0.256. The van der Waals surface area contributed by atoms with E-state index in [1.54, 1.807) is 7.11 Å². The molecule has 0 saturated carbocycles. The number of aromatic nitrogens is 3. The molecule has 38 heavy (non-hydrogen) atoms. The summed E-state index contributed by atoms with van der Waals surface area (Å²) in [6, 6.07) is 24.1. The Kier molecular flexibility index (Phi) is 7.97. The fraction of sp³-hybridized carbons (Fsp3) is 0.323. The molecule has 4 aromatic rings. The molecule has 0 bridgehead atoms. The van der Waals surface area contributed by atoms with Crippen LogP contribution in [0.25, 0.3) is 17.1 Å². The fourth-order valence-corrected chi connectivity index (χ4v) is 4.95. The van der Waals surface area contributed by atoms with Gasteiger partial charge in [-0.1, -0.05) is 95.8 Å². The van der Waals surface area contributed by atoms with Gasteiger partial charge in [-0.25, -0.2) is 0 Å². The summed E-state index contributed by atoms with van der Waals surface area (Å²) in [6.07, 6.45) is 0. The third-order valence-electron chi connectivity index (χ3n) is 6.31. The number of methoxy groups -OCH3 is 1. The van der Waals surface area contributed by atoms with Crippen molar-refractivity contribution < 1.29 is 9.53 Å². The number of thioether (sulfide) groups is 1. The number of benzene rings is 3. The number of anilines is 1. The molecule has 0 saturated heterocycles. The van der Waals surface area contributed by atoms with Gasteiger partial charge >= 0.3 is 0 Å². The summed E-state index contributed by atoms with van der Waals surface area (Å²) in [5.74, 6) is 1.60. The van der Waals surface area contributed by atoms with Crippen LogP contribution in [0.2, 0.25) is 0 Å². The lowest BCUT2D eigenvalue weighted by Crippen LogP contribution is -2.20. The van der Waals surface area contributed by atoms with Gasteiger partial charge < -0.3 is 10.1 Å². The minimum absolute atomic E-state index is 0.0577. The van der Waals surface area contributed by atoms with Crippen LogP contribution in [0.5, 0.6) is 5.75 Å². The van der Waals surface area contributed by atoms with E-state index in [1.807, 2.05) is 47.0 Å². The van der Waals surface area contributed by atoms with Crippen molar-refractivity contribution in [3.63, 3.8) is 0 Å². The Balaban J connectivity index is 1.62. The number of nitrogens with zero attached hydrogens (tertiary/aromatic N) is 3. The van der Waals surface area contributed by atoms with Crippen LogP contribution in [0.3, 0.4) is 0 Å². The Morgan fingerprint density at radius 2 is 1.53 bits per heavy atom. The summed E-state index contributed by atoms with van der Waals surface area (Å²) in [4.78, 5) is 13.0. The number of rotatable bonds is 7. The van der Waals surface area contributed by atoms with E-state index in [9.17, 15) is 4.79 Å². The van der Waals surface area contributed by atoms with Gasteiger partial charge in [0.15, 0.2) is 11.0 Å². The van der Waals surface area contributed by atoms with Gasteiger partial charge in [-0.3, -0.25) is 9.36 Å². The largest absolute Gasteiger partial charge is 0.497 e. The maximum absolute atomic E-state index is 13.0. The van der Waals surface area contributed by atoms with Crippen LogP contribution in [-0.2, 0) is 15.6 Å². The van der Waals surface area contributed by atoms with E-state index >= 15 is 0 Å². The average molecular weight is 529 g/mol. The molecule has 1 N–H and O–H groups in total. The molecule has 0 aliphatic carbocycles. The molecule has 0 radical (unpaired) electrons. The summed E-state index contributed by atoms with van der Waals surface area (Å²) in [5.41, 5.74) is 5.01. The van der Waals surface area contributed by atoms with Crippen LogP contribution in [0.4, 0.5) is 5.69 Å². The number of carbonyl (C=O) groups is 1. The highest BCUT2D eigenvalue weighted by atomic mass is 32.2. The van der Waals surface area contributed by atoms with E-state index in [0.29, 0.717) is 5.16 Å². The zero-order valence-electron chi connectivity index (χ0n) is 23.2. The lowest BCUT2D eigenvalue weighted by molar-refractivity contribution is -0.113. The summed E-state index contributed by atoms with van der Waals surface area (Å²) in [6.45, 7) is 13.0. The Bertz CT molecular complexity index is 1400. The molecule has 0 spiro atoms. The highest BCUT2D eigenvalue weighted by Gasteiger charge is 2.21. The number of hydrogen-bond acceptors (Lipinski definition) is 5. The Hall–Kier alpha value is -3.58. The highest BCUT2D eigenvalue weighted by Crippen LogP contribution is 2.32. The molecule has 7 heteroatoms. The molecule has 198 valence electrons. The fourth-order valence-electron chi connectivity index (χ4n) is 4.20. The highest BCUT2D eigenvalue weighted by molar-refractivity contribution is 7.99. The molecule has 0 unspecified atom stereocenters. The molecule has 1 amide bonds. The lowest BCUT2D eigenvalue weighted by atomic mass is 9.86. The summed E-state index contributed by atoms with van der Waals surface area (Å²) in [5, 5.41) is 12.7. The molecule has 4 rings (SSSR count). The van der Waals surface area contributed by atoms with Crippen LogP contribution in [0.1, 0.15) is 52.7 Å². The number of carbonyl (C=O) groups excluding carboxylic acids is 1. The van der Waals surface area contributed by atoms with Gasteiger partial charge in [-0.05, 0) is 52.3 Å². The number of nitrogens with one attached hydrogen (secondary N) is 1. The molecule has 0 aliphatic rings. The van der Waals surface area contributed by atoms with Crippen molar-refractivity contribution in [3.8, 4) is 22.8 Å². The number of hydrogen-bond donors (Lipinski definition) is 1. The van der Waals surface area contributed by atoms with Gasteiger partial charge in [0.1, 0.15) is 5.75 Å². The molecular formula is C31H36N4O2S. The third-order valence-corrected chi connectivity index (χ3v) is 7.24. The molecule has 0 atom stereocenters. The number of ether oxygens (including phenoxy) is 1. The lowest BCUT2D eigenvalue weighted by Gasteiger charge is -2.23. The minimum Gasteiger partial charge on any atom is -0.497 e. The van der Waals surface area contributed by atoms with Crippen molar-refractivity contribution >= 4 is 23.4 Å². The first-order valence-corrected chi connectivity index (χ1v) is 13.7. The van der Waals surface area contributed by atoms with Gasteiger partial charge in [0, 0.05) is 16.9 Å². The second kappa shape index (κ2) is 11.0. The van der Waals surface area contributed by atoms with Crippen LogP contribution in [0.15, 0.2) is 78.0 Å². The van der Waals surface area contributed by atoms with E-state index in [1.165, 1.54) is 17.3 Å². The SMILES string of the molecule is COc1ccc(-n2c(SCC(=O)Nc3ccccc3C(C)(C)C)nnc2-c2ccc(C(C)(C)C)cc2)cc1. The number of para-hydroxylation sites is 1. The van der Waals surface area contributed by atoms with E-state index in [-0.39, 0.29) is 22.5 Å². The van der Waals surface area contributed by atoms with Crippen molar-refractivity contribution in [3.05, 3.63) is 83.9 Å². The van der Waals surface area contributed by atoms with Crippen LogP contribution >= 0.6 is 11.8 Å². The first-order chi connectivity index (χ1) is 18.0. The Morgan fingerprint density at radius 1 is 0.868 bits per heavy atom. The van der Waals surface area contributed by atoms with Crippen LogP contribution < -0.4 is 10.1 Å². The van der Waals surface area contributed by atoms with E-state index in [4.69, 9.17) is 4.74 Å². The first-order valence-electron chi connectivity index (χ1n) is 12.7. The molecule has 1 heterocycles. The zero-order chi connectivity index (χ0) is 27.5. The maximum atomic E-state index is 13.0. The van der Waals surface area contributed by atoms with Crippen molar-refractivity contribution in [2.24, 2.45) is 0 Å². The number of amides is 1. The first kappa shape index (κ1) is 27.5. The summed E-state index contributed by atoms with van der Waals surface area (Å²) in [7, 11) is 1.65.